The van der Waals surface area contributed by atoms with E-state index in [4.69, 9.17) is 9.47 Å². The molecule has 0 saturated carbocycles. The van der Waals surface area contributed by atoms with Crippen LogP contribution in [0.2, 0.25) is 0 Å². The molecule has 0 aliphatic rings. The molecular weight excluding hydrogens is 400 g/mol. The van der Waals surface area contributed by atoms with Crippen LogP contribution in [0.25, 0.3) is 21.5 Å². The molecule has 0 radical (unpaired) electrons. The fourth-order valence-electron chi connectivity index (χ4n) is 2.64. The molecule has 10 heteroatoms. The second-order valence-electron chi connectivity index (χ2n) is 5.66. The lowest BCUT2D eigenvalue weighted by molar-refractivity contribution is -0.384. The summed E-state index contributed by atoms with van der Waals surface area (Å²) in [6.45, 7) is 0. The highest BCUT2D eigenvalue weighted by Gasteiger charge is 2.13. The van der Waals surface area contributed by atoms with Gasteiger partial charge < -0.3 is 14.8 Å². The quantitative estimate of drug-likeness (QED) is 0.346. The van der Waals surface area contributed by atoms with Crippen LogP contribution in [0, 0.1) is 10.1 Å². The van der Waals surface area contributed by atoms with E-state index in [2.05, 4.69) is 15.3 Å². The topological polar surface area (TPSA) is 99.4 Å². The van der Waals surface area contributed by atoms with E-state index in [0.29, 0.717) is 33.0 Å². The lowest BCUT2D eigenvalue weighted by Gasteiger charge is -2.05. The summed E-state index contributed by atoms with van der Waals surface area (Å²) in [6.07, 6.45) is 0. The fourth-order valence-corrected chi connectivity index (χ4v) is 4.30. The maximum atomic E-state index is 11.0. The molecule has 0 saturated heterocycles. The molecule has 0 aliphatic heterocycles. The molecule has 0 amide bonds. The van der Waals surface area contributed by atoms with Crippen LogP contribution in [0.15, 0.2) is 41.8 Å². The number of aromatic nitrogens is 2. The van der Waals surface area contributed by atoms with Crippen molar-refractivity contribution in [2.75, 3.05) is 19.5 Å². The molecule has 0 atom stereocenters. The smallest absolute Gasteiger partial charge is 0.270 e. The van der Waals surface area contributed by atoms with E-state index in [1.165, 1.54) is 34.8 Å². The molecule has 2 aromatic carbocycles. The van der Waals surface area contributed by atoms with Crippen LogP contribution >= 0.6 is 22.7 Å². The highest BCUT2D eigenvalue weighted by Crippen LogP contribution is 2.37. The third-order valence-electron chi connectivity index (χ3n) is 3.96. The van der Waals surface area contributed by atoms with E-state index in [0.717, 1.165) is 10.2 Å². The number of nitro groups is 1. The molecule has 4 rings (SSSR count). The Hall–Kier alpha value is -3.24. The first-order valence-corrected chi connectivity index (χ1v) is 9.77. The van der Waals surface area contributed by atoms with E-state index in [-0.39, 0.29) is 5.69 Å². The standard InChI is InChI=1S/C18H14N4O4S2/c1-25-14-7-12-16(8-15(14)26-2)28-18(19-12)21-17-20-13(9-27-17)10-4-3-5-11(6-10)22(23)24/h3-9H,1-2H3,(H,19,20,21). The third-order valence-corrected chi connectivity index (χ3v) is 5.66. The number of benzene rings is 2. The van der Waals surface area contributed by atoms with Crippen molar-refractivity contribution in [3.8, 4) is 22.8 Å². The molecule has 0 bridgehead atoms. The van der Waals surface area contributed by atoms with Crippen molar-refractivity contribution in [2.24, 2.45) is 0 Å². The minimum absolute atomic E-state index is 0.0362. The summed E-state index contributed by atoms with van der Waals surface area (Å²) in [5.41, 5.74) is 2.19. The Morgan fingerprint density at radius 3 is 2.61 bits per heavy atom. The summed E-state index contributed by atoms with van der Waals surface area (Å²) in [4.78, 5) is 19.6. The molecule has 0 unspecified atom stereocenters. The van der Waals surface area contributed by atoms with Crippen molar-refractivity contribution < 1.29 is 14.4 Å². The third kappa shape index (κ3) is 3.47. The predicted molar refractivity (Wildman–Crippen MR) is 110 cm³/mol. The summed E-state index contributed by atoms with van der Waals surface area (Å²) >= 11 is 2.88. The number of hydrogen-bond acceptors (Lipinski definition) is 9. The minimum atomic E-state index is -0.418. The second kappa shape index (κ2) is 7.41. The highest BCUT2D eigenvalue weighted by molar-refractivity contribution is 7.22. The maximum absolute atomic E-state index is 11.0. The Kier molecular flexibility index (Phi) is 4.80. The van der Waals surface area contributed by atoms with Gasteiger partial charge in [-0.05, 0) is 0 Å². The van der Waals surface area contributed by atoms with E-state index < -0.39 is 4.92 Å². The Morgan fingerprint density at radius 2 is 1.86 bits per heavy atom. The zero-order valence-electron chi connectivity index (χ0n) is 14.8. The summed E-state index contributed by atoms with van der Waals surface area (Å²) in [5.74, 6) is 1.27. The van der Waals surface area contributed by atoms with Gasteiger partial charge >= 0.3 is 0 Å². The molecule has 8 nitrogen and oxygen atoms in total. The first-order chi connectivity index (χ1) is 13.6. The van der Waals surface area contributed by atoms with Gasteiger partial charge in [0.25, 0.3) is 5.69 Å². The number of hydrogen-bond donors (Lipinski definition) is 1. The lowest BCUT2D eigenvalue weighted by Crippen LogP contribution is -1.90. The fraction of sp³-hybridized carbons (Fsp3) is 0.111. The van der Waals surface area contributed by atoms with Crippen molar-refractivity contribution in [1.82, 2.24) is 9.97 Å². The number of methoxy groups -OCH3 is 2. The SMILES string of the molecule is COc1cc2nc(Nc3nc(-c4cccc([N+](=O)[O-])c4)cs3)sc2cc1OC. The minimum Gasteiger partial charge on any atom is -0.493 e. The molecule has 4 aromatic rings. The molecular formula is C18H14N4O4S2. The zero-order chi connectivity index (χ0) is 19.7. The van der Waals surface area contributed by atoms with Gasteiger partial charge in [0, 0.05) is 35.2 Å². The molecule has 1 N–H and O–H groups in total. The molecule has 2 heterocycles. The Bertz CT molecular complexity index is 1130. The molecule has 0 spiro atoms. The van der Waals surface area contributed by atoms with E-state index in [9.17, 15) is 10.1 Å². The highest BCUT2D eigenvalue weighted by atomic mass is 32.1. The zero-order valence-corrected chi connectivity index (χ0v) is 16.5. The summed E-state index contributed by atoms with van der Waals surface area (Å²) < 4.78 is 11.6. The van der Waals surface area contributed by atoms with Gasteiger partial charge in [-0.25, -0.2) is 9.97 Å². The number of anilines is 2. The van der Waals surface area contributed by atoms with Gasteiger partial charge in [0.2, 0.25) is 0 Å². The largest absolute Gasteiger partial charge is 0.493 e. The first-order valence-electron chi connectivity index (χ1n) is 8.07. The number of nitro benzene ring substituents is 1. The van der Waals surface area contributed by atoms with Crippen molar-refractivity contribution in [1.29, 1.82) is 0 Å². The lowest BCUT2D eigenvalue weighted by atomic mass is 10.1. The van der Waals surface area contributed by atoms with Crippen LogP contribution in [0.5, 0.6) is 11.5 Å². The summed E-state index contributed by atoms with van der Waals surface area (Å²) in [6, 6.07) is 10.1. The Morgan fingerprint density at radius 1 is 1.07 bits per heavy atom. The molecule has 0 fully saturated rings. The number of ether oxygens (including phenoxy) is 2. The van der Waals surface area contributed by atoms with Crippen LogP contribution in [-0.2, 0) is 0 Å². The number of non-ortho nitro benzene ring substituents is 1. The molecule has 0 aliphatic carbocycles. The van der Waals surface area contributed by atoms with Gasteiger partial charge in [-0.15, -0.1) is 11.3 Å². The molecule has 142 valence electrons. The Balaban J connectivity index is 1.60. The van der Waals surface area contributed by atoms with Crippen LogP contribution in [0.4, 0.5) is 16.0 Å². The van der Waals surface area contributed by atoms with E-state index in [1.807, 2.05) is 17.5 Å². The van der Waals surface area contributed by atoms with Gasteiger partial charge in [0.15, 0.2) is 21.8 Å². The van der Waals surface area contributed by atoms with Gasteiger partial charge in [-0.3, -0.25) is 10.1 Å². The van der Waals surface area contributed by atoms with Crippen molar-refractivity contribution in [3.63, 3.8) is 0 Å². The molecule has 28 heavy (non-hydrogen) atoms. The maximum Gasteiger partial charge on any atom is 0.270 e. The Labute approximate surface area is 167 Å². The average Bonchev–Trinajstić information content (AvgIpc) is 3.33. The van der Waals surface area contributed by atoms with Gasteiger partial charge in [0.1, 0.15) is 0 Å². The van der Waals surface area contributed by atoms with Crippen molar-refractivity contribution in [3.05, 3.63) is 51.9 Å². The van der Waals surface area contributed by atoms with Gasteiger partial charge in [-0.1, -0.05) is 23.5 Å². The summed E-state index contributed by atoms with van der Waals surface area (Å²) in [5, 5.41) is 17.3. The number of rotatable bonds is 6. The number of nitrogens with one attached hydrogen (secondary N) is 1. The number of fused-ring (bicyclic) bond motifs is 1. The van der Waals surface area contributed by atoms with Crippen LogP contribution < -0.4 is 14.8 Å². The van der Waals surface area contributed by atoms with Crippen LogP contribution in [0.3, 0.4) is 0 Å². The van der Waals surface area contributed by atoms with Gasteiger partial charge in [-0.2, -0.15) is 0 Å². The number of thiazole rings is 2. The predicted octanol–water partition coefficient (Wildman–Crippen LogP) is 5.09. The van der Waals surface area contributed by atoms with Crippen LogP contribution in [-0.4, -0.2) is 29.1 Å². The van der Waals surface area contributed by atoms with Gasteiger partial charge in [0.05, 0.1) is 35.1 Å². The van der Waals surface area contributed by atoms with Crippen molar-refractivity contribution in [2.45, 2.75) is 0 Å². The summed E-state index contributed by atoms with van der Waals surface area (Å²) in [7, 11) is 3.18. The molecule has 2 aromatic heterocycles. The normalized spacial score (nSPS) is 10.8. The second-order valence-corrected chi connectivity index (χ2v) is 7.55. The number of nitrogens with zero attached hydrogens (tertiary/aromatic N) is 3. The monoisotopic (exact) mass is 414 g/mol. The van der Waals surface area contributed by atoms with Crippen molar-refractivity contribution >= 4 is 48.8 Å². The van der Waals surface area contributed by atoms with E-state index >= 15 is 0 Å². The first kappa shape index (κ1) is 18.1. The average molecular weight is 414 g/mol. The van der Waals surface area contributed by atoms with Crippen LogP contribution in [0.1, 0.15) is 0 Å². The van der Waals surface area contributed by atoms with E-state index in [1.54, 1.807) is 26.4 Å².